The molecular weight excluding hydrogens is 729 g/mol. The Bertz CT molecular complexity index is 3500. The molecule has 1 aromatic heterocycles. The third-order valence-corrected chi connectivity index (χ3v) is 13.0. The van der Waals surface area contributed by atoms with Crippen LogP contribution in [0.3, 0.4) is 0 Å². The number of ether oxygens (including phenoxy) is 1. The van der Waals surface area contributed by atoms with Crippen LogP contribution in [0.25, 0.3) is 60.2 Å². The van der Waals surface area contributed by atoms with Crippen LogP contribution in [-0.2, 0) is 5.41 Å². The van der Waals surface area contributed by atoms with Gasteiger partial charge in [-0.2, -0.15) is 0 Å². The Kier molecular flexibility index (Phi) is 6.93. The molecule has 280 valence electrons. The minimum absolute atomic E-state index is 0.601. The zero-order valence-electron chi connectivity index (χ0n) is 32.6. The number of benzene rings is 10. The predicted octanol–water partition coefficient (Wildman–Crippen LogP) is 15.0. The molecule has 0 amide bonds. The van der Waals surface area contributed by atoms with Crippen LogP contribution in [0.15, 0.2) is 218 Å². The highest BCUT2D eigenvalue weighted by Crippen LogP contribution is 2.62. The number of para-hydroxylation sites is 4. The molecular formula is C57H36N2O. The molecule has 0 bridgehead atoms. The molecule has 0 saturated heterocycles. The Balaban J connectivity index is 1.14. The summed E-state index contributed by atoms with van der Waals surface area (Å²) in [7, 11) is 0. The van der Waals surface area contributed by atoms with Gasteiger partial charge in [-0.25, -0.2) is 0 Å². The van der Waals surface area contributed by atoms with Crippen molar-refractivity contribution < 1.29 is 4.74 Å². The number of rotatable bonds is 4. The van der Waals surface area contributed by atoms with Crippen molar-refractivity contribution in [3.8, 4) is 28.3 Å². The molecule has 1 aliphatic carbocycles. The van der Waals surface area contributed by atoms with E-state index in [-0.39, 0.29) is 0 Å². The van der Waals surface area contributed by atoms with E-state index in [0.29, 0.717) is 0 Å². The maximum Gasteiger partial charge on any atom is 0.132 e. The smallest absolute Gasteiger partial charge is 0.132 e. The molecule has 3 nitrogen and oxygen atoms in total. The fourth-order valence-electron chi connectivity index (χ4n) is 10.6. The fourth-order valence-corrected chi connectivity index (χ4v) is 10.6. The molecule has 3 heteroatoms. The van der Waals surface area contributed by atoms with Gasteiger partial charge in [-0.3, -0.25) is 0 Å². The standard InChI is InChI=1S/C57H36N2O/c1-2-17-39(18-3-1)59-51-26-11-7-20-43(51)44-32-31-41(36-53(44)59)58(40-30-29-37-15-4-5-16-38(37)35-40)52-34-33-45-42-19-6-8-22-47(42)57(50-25-14-21-46(52)56(45)50)48-23-9-12-27-54(48)60-55-28-13-10-24-49(55)57/h1-36H. The predicted molar refractivity (Wildman–Crippen MR) is 248 cm³/mol. The second-order valence-corrected chi connectivity index (χ2v) is 16.0. The van der Waals surface area contributed by atoms with Crippen LogP contribution >= 0.6 is 0 Å². The molecule has 1 spiro atoms. The van der Waals surface area contributed by atoms with Gasteiger partial charge in [0.25, 0.3) is 0 Å². The highest BCUT2D eigenvalue weighted by Gasteiger charge is 2.49. The first-order valence-corrected chi connectivity index (χ1v) is 20.7. The average molecular weight is 765 g/mol. The first-order valence-electron chi connectivity index (χ1n) is 20.7. The van der Waals surface area contributed by atoms with E-state index in [1.807, 2.05) is 0 Å². The summed E-state index contributed by atoms with van der Waals surface area (Å²) in [5.41, 5.74) is 13.5. The summed E-state index contributed by atoms with van der Waals surface area (Å²) in [6.45, 7) is 0. The number of anilines is 3. The van der Waals surface area contributed by atoms with Crippen LogP contribution in [0.2, 0.25) is 0 Å². The van der Waals surface area contributed by atoms with Crippen LogP contribution in [0.4, 0.5) is 17.1 Å². The van der Waals surface area contributed by atoms with Gasteiger partial charge in [0.05, 0.1) is 22.1 Å². The van der Waals surface area contributed by atoms with Gasteiger partial charge >= 0.3 is 0 Å². The summed E-state index contributed by atoms with van der Waals surface area (Å²) in [6.07, 6.45) is 0. The molecule has 0 atom stereocenters. The molecule has 10 aromatic carbocycles. The van der Waals surface area contributed by atoms with Gasteiger partial charge in [0, 0.05) is 44.3 Å². The summed E-state index contributed by atoms with van der Waals surface area (Å²) in [4.78, 5) is 2.47. The normalized spacial score (nSPS) is 13.3. The van der Waals surface area contributed by atoms with Gasteiger partial charge in [0.15, 0.2) is 0 Å². The lowest BCUT2D eigenvalue weighted by atomic mass is 9.58. The lowest BCUT2D eigenvalue weighted by Gasteiger charge is -2.45. The second-order valence-electron chi connectivity index (χ2n) is 16.0. The van der Waals surface area contributed by atoms with Crippen molar-refractivity contribution >= 4 is 60.4 Å². The number of nitrogens with zero attached hydrogens (tertiary/aromatic N) is 2. The summed E-state index contributed by atoms with van der Waals surface area (Å²) in [5.74, 6) is 1.78. The van der Waals surface area contributed by atoms with Crippen molar-refractivity contribution in [1.29, 1.82) is 0 Å². The van der Waals surface area contributed by atoms with Gasteiger partial charge in [-0.05, 0) is 99.1 Å². The summed E-state index contributed by atoms with van der Waals surface area (Å²) in [6, 6.07) is 79.9. The first-order chi connectivity index (χ1) is 29.8. The fraction of sp³-hybridized carbons (Fsp3) is 0.0175. The molecule has 2 heterocycles. The molecule has 60 heavy (non-hydrogen) atoms. The monoisotopic (exact) mass is 764 g/mol. The Morgan fingerprint density at radius 2 is 1.00 bits per heavy atom. The Morgan fingerprint density at radius 1 is 0.383 bits per heavy atom. The maximum atomic E-state index is 6.70. The third kappa shape index (κ3) is 4.49. The van der Waals surface area contributed by atoms with Crippen molar-refractivity contribution in [3.05, 3.63) is 241 Å². The van der Waals surface area contributed by atoms with Crippen LogP contribution in [0, 0.1) is 0 Å². The van der Waals surface area contributed by atoms with Crippen molar-refractivity contribution in [2.45, 2.75) is 5.41 Å². The topological polar surface area (TPSA) is 17.4 Å². The minimum Gasteiger partial charge on any atom is -0.457 e. The highest BCUT2D eigenvalue weighted by atomic mass is 16.5. The number of hydrogen-bond donors (Lipinski definition) is 0. The zero-order chi connectivity index (χ0) is 39.4. The van der Waals surface area contributed by atoms with Gasteiger partial charge in [-0.15, -0.1) is 0 Å². The van der Waals surface area contributed by atoms with E-state index in [0.717, 1.165) is 50.9 Å². The second kappa shape index (κ2) is 12.6. The molecule has 11 aromatic rings. The number of hydrogen-bond acceptors (Lipinski definition) is 2. The summed E-state index contributed by atoms with van der Waals surface area (Å²) >= 11 is 0. The quantitative estimate of drug-likeness (QED) is 0.178. The zero-order valence-corrected chi connectivity index (χ0v) is 32.6. The van der Waals surface area contributed by atoms with E-state index < -0.39 is 5.41 Å². The Hall–Kier alpha value is -7.88. The molecule has 1 aliphatic heterocycles. The average Bonchev–Trinajstić information content (AvgIpc) is 3.64. The van der Waals surface area contributed by atoms with Crippen molar-refractivity contribution in [2.75, 3.05) is 4.90 Å². The maximum absolute atomic E-state index is 6.70. The van der Waals surface area contributed by atoms with E-state index in [9.17, 15) is 0 Å². The lowest BCUT2D eigenvalue weighted by Crippen LogP contribution is -2.36. The van der Waals surface area contributed by atoms with Crippen LogP contribution < -0.4 is 9.64 Å². The van der Waals surface area contributed by atoms with E-state index in [1.165, 1.54) is 60.1 Å². The summed E-state index contributed by atoms with van der Waals surface area (Å²) in [5, 5.41) is 7.33. The molecule has 0 saturated carbocycles. The largest absolute Gasteiger partial charge is 0.457 e. The van der Waals surface area contributed by atoms with Crippen LogP contribution in [-0.4, -0.2) is 4.57 Å². The Labute approximate surface area is 347 Å². The molecule has 2 aliphatic rings. The molecule has 13 rings (SSSR count). The Morgan fingerprint density at radius 3 is 1.83 bits per heavy atom. The van der Waals surface area contributed by atoms with E-state index in [4.69, 9.17) is 4.74 Å². The van der Waals surface area contributed by atoms with E-state index in [1.54, 1.807) is 0 Å². The SMILES string of the molecule is c1ccc(-n2c3ccccc3c3ccc(N(c4ccc5ccccc5c4)c4ccc5c6c(cccc46)C4(c6ccccc6Oc6ccccc64)c4ccccc4-5)cc32)cc1. The van der Waals surface area contributed by atoms with Crippen molar-refractivity contribution in [2.24, 2.45) is 0 Å². The van der Waals surface area contributed by atoms with E-state index in [2.05, 4.69) is 228 Å². The van der Waals surface area contributed by atoms with Gasteiger partial charge in [0.2, 0.25) is 0 Å². The number of aromatic nitrogens is 1. The molecule has 0 fully saturated rings. The van der Waals surface area contributed by atoms with Crippen molar-refractivity contribution in [1.82, 2.24) is 4.57 Å². The van der Waals surface area contributed by atoms with Crippen LogP contribution in [0.1, 0.15) is 22.3 Å². The highest BCUT2D eigenvalue weighted by molar-refractivity contribution is 6.14. The van der Waals surface area contributed by atoms with Gasteiger partial charge in [0.1, 0.15) is 11.5 Å². The minimum atomic E-state index is -0.601. The lowest BCUT2D eigenvalue weighted by molar-refractivity contribution is 0.435. The van der Waals surface area contributed by atoms with Gasteiger partial charge < -0.3 is 14.2 Å². The molecule has 0 unspecified atom stereocenters. The van der Waals surface area contributed by atoms with E-state index >= 15 is 0 Å². The molecule has 0 N–H and O–H groups in total. The number of fused-ring (bicyclic) bond motifs is 12. The molecule has 0 radical (unpaired) electrons. The third-order valence-electron chi connectivity index (χ3n) is 13.0. The first kappa shape index (κ1) is 33.1. The van der Waals surface area contributed by atoms with Gasteiger partial charge in [-0.1, -0.05) is 158 Å². The van der Waals surface area contributed by atoms with Crippen LogP contribution in [0.5, 0.6) is 11.5 Å². The summed E-state index contributed by atoms with van der Waals surface area (Å²) < 4.78 is 9.11. The van der Waals surface area contributed by atoms with Crippen molar-refractivity contribution in [3.63, 3.8) is 0 Å².